The van der Waals surface area contributed by atoms with Crippen molar-refractivity contribution in [1.82, 2.24) is 9.80 Å². The maximum absolute atomic E-state index is 14.0. The Morgan fingerprint density at radius 2 is 1.93 bits per heavy atom. The molecule has 0 spiro atoms. The highest BCUT2D eigenvalue weighted by molar-refractivity contribution is 6.30. The fraction of sp³-hybridized carbons (Fsp3) is 0.556. The lowest BCUT2D eigenvalue weighted by Crippen LogP contribution is -2.60. The molecular weight excluding hydrogens is 404 g/mol. The minimum absolute atomic E-state index is 0.0687. The molecule has 3 atom stereocenters. The van der Waals surface area contributed by atoms with Crippen LogP contribution in [0.2, 0.25) is 5.02 Å². The summed E-state index contributed by atoms with van der Waals surface area (Å²) in [6.45, 7) is 1.96. The molecule has 0 aliphatic carbocycles. The minimum atomic E-state index is -5.09. The lowest BCUT2D eigenvalue weighted by molar-refractivity contribution is -0.251. The first kappa shape index (κ1) is 22.4. The predicted molar refractivity (Wildman–Crippen MR) is 94.3 cm³/mol. The SMILES string of the molecule is CC1CN(C(=O)[C@@](C)(O)C(F)(F)F)CCC1N(C)C(=O)c1ccc(Cl)cc1F. The molecule has 1 fully saturated rings. The van der Waals surface area contributed by atoms with Crippen molar-refractivity contribution in [2.75, 3.05) is 20.1 Å². The number of rotatable bonds is 3. The Hall–Kier alpha value is -1.87. The number of carbonyl (C=O) groups excluding carboxylic acids is 2. The van der Waals surface area contributed by atoms with Gasteiger partial charge in [-0.05, 0) is 37.5 Å². The number of benzene rings is 1. The number of carbonyl (C=O) groups is 2. The van der Waals surface area contributed by atoms with E-state index in [0.29, 0.717) is 6.92 Å². The van der Waals surface area contributed by atoms with Gasteiger partial charge in [0.15, 0.2) is 0 Å². The molecule has 1 aromatic rings. The molecule has 1 aliphatic rings. The van der Waals surface area contributed by atoms with Crippen LogP contribution in [0.4, 0.5) is 17.6 Å². The van der Waals surface area contributed by atoms with Gasteiger partial charge in [0.05, 0.1) is 5.56 Å². The number of aliphatic hydroxyl groups is 1. The average molecular weight is 425 g/mol. The Morgan fingerprint density at radius 1 is 1.32 bits per heavy atom. The summed E-state index contributed by atoms with van der Waals surface area (Å²) in [4.78, 5) is 27.0. The molecule has 10 heteroatoms. The van der Waals surface area contributed by atoms with Crippen molar-refractivity contribution in [3.05, 3.63) is 34.6 Å². The number of likely N-dealkylation sites (tertiary alicyclic amines) is 1. The number of hydrogen-bond donors (Lipinski definition) is 1. The van der Waals surface area contributed by atoms with E-state index in [-0.39, 0.29) is 36.0 Å². The van der Waals surface area contributed by atoms with Crippen LogP contribution >= 0.6 is 11.6 Å². The monoisotopic (exact) mass is 424 g/mol. The molecular formula is C18H21ClF4N2O3. The maximum atomic E-state index is 14.0. The Bertz CT molecular complexity index is 770. The second-order valence-electron chi connectivity index (χ2n) is 7.19. The van der Waals surface area contributed by atoms with Gasteiger partial charge < -0.3 is 14.9 Å². The van der Waals surface area contributed by atoms with Gasteiger partial charge in [-0.15, -0.1) is 0 Å². The van der Waals surface area contributed by atoms with Gasteiger partial charge in [-0.25, -0.2) is 4.39 Å². The highest BCUT2D eigenvalue weighted by atomic mass is 35.5. The maximum Gasteiger partial charge on any atom is 0.426 e. The molecule has 1 heterocycles. The van der Waals surface area contributed by atoms with Gasteiger partial charge in [-0.3, -0.25) is 9.59 Å². The molecule has 0 aromatic heterocycles. The molecule has 0 bridgehead atoms. The van der Waals surface area contributed by atoms with Gasteiger partial charge in [0.2, 0.25) is 5.60 Å². The fourth-order valence-corrected chi connectivity index (χ4v) is 3.48. The number of hydrogen-bond acceptors (Lipinski definition) is 3. The fourth-order valence-electron chi connectivity index (χ4n) is 3.33. The van der Waals surface area contributed by atoms with Crippen LogP contribution in [-0.2, 0) is 4.79 Å². The van der Waals surface area contributed by atoms with Gasteiger partial charge in [-0.1, -0.05) is 18.5 Å². The van der Waals surface area contributed by atoms with Crippen LogP contribution in [-0.4, -0.2) is 64.7 Å². The van der Waals surface area contributed by atoms with E-state index >= 15 is 0 Å². The molecule has 2 unspecified atom stereocenters. The van der Waals surface area contributed by atoms with E-state index in [0.717, 1.165) is 11.0 Å². The highest BCUT2D eigenvalue weighted by Gasteiger charge is 2.57. The molecule has 1 aliphatic heterocycles. The van der Waals surface area contributed by atoms with E-state index in [1.54, 1.807) is 6.92 Å². The summed E-state index contributed by atoms with van der Waals surface area (Å²) < 4.78 is 52.7. The molecule has 0 saturated carbocycles. The zero-order valence-corrected chi connectivity index (χ0v) is 16.3. The molecule has 2 amide bonds. The van der Waals surface area contributed by atoms with Gasteiger partial charge in [-0.2, -0.15) is 13.2 Å². The number of alkyl halides is 3. The zero-order chi connectivity index (χ0) is 21.4. The van der Waals surface area contributed by atoms with Crippen molar-refractivity contribution < 1.29 is 32.3 Å². The number of amides is 2. The topological polar surface area (TPSA) is 60.9 Å². The smallest absolute Gasteiger partial charge is 0.373 e. The highest BCUT2D eigenvalue weighted by Crippen LogP contribution is 2.33. The van der Waals surface area contributed by atoms with Gasteiger partial charge >= 0.3 is 6.18 Å². The van der Waals surface area contributed by atoms with Crippen LogP contribution in [0.5, 0.6) is 0 Å². The van der Waals surface area contributed by atoms with Crippen molar-refractivity contribution >= 4 is 23.4 Å². The third kappa shape index (κ3) is 4.25. The quantitative estimate of drug-likeness (QED) is 0.758. The summed E-state index contributed by atoms with van der Waals surface area (Å²) in [5.74, 6) is -3.17. The van der Waals surface area contributed by atoms with Crippen molar-refractivity contribution in [1.29, 1.82) is 0 Å². The van der Waals surface area contributed by atoms with Crippen LogP contribution in [0.25, 0.3) is 0 Å². The lowest BCUT2D eigenvalue weighted by Gasteiger charge is -2.43. The van der Waals surface area contributed by atoms with Gasteiger partial charge in [0.25, 0.3) is 11.8 Å². The second kappa shape index (κ2) is 7.87. The first-order chi connectivity index (χ1) is 12.8. The summed E-state index contributed by atoms with van der Waals surface area (Å²) in [6, 6.07) is 3.25. The molecule has 0 radical (unpaired) electrons. The summed E-state index contributed by atoms with van der Waals surface area (Å²) >= 11 is 5.68. The van der Waals surface area contributed by atoms with E-state index in [2.05, 4.69) is 0 Å². The largest absolute Gasteiger partial charge is 0.426 e. The van der Waals surface area contributed by atoms with Crippen LogP contribution in [0.15, 0.2) is 18.2 Å². The Balaban J connectivity index is 2.11. The van der Waals surface area contributed by atoms with Crippen LogP contribution in [0.3, 0.4) is 0 Å². The minimum Gasteiger partial charge on any atom is -0.373 e. The summed E-state index contributed by atoms with van der Waals surface area (Å²) in [6.07, 6.45) is -4.90. The van der Waals surface area contributed by atoms with E-state index in [9.17, 15) is 32.3 Å². The van der Waals surface area contributed by atoms with Crippen LogP contribution < -0.4 is 0 Å². The lowest BCUT2D eigenvalue weighted by atomic mass is 9.90. The molecule has 1 aromatic carbocycles. The molecule has 2 rings (SSSR count). The molecule has 5 nitrogen and oxygen atoms in total. The second-order valence-corrected chi connectivity index (χ2v) is 7.63. The molecule has 156 valence electrons. The number of nitrogens with zero attached hydrogens (tertiary/aromatic N) is 2. The summed E-state index contributed by atoms with van der Waals surface area (Å²) in [5, 5.41) is 9.74. The zero-order valence-electron chi connectivity index (χ0n) is 15.6. The van der Waals surface area contributed by atoms with Crippen LogP contribution in [0, 0.1) is 11.7 Å². The van der Waals surface area contributed by atoms with Crippen molar-refractivity contribution in [3.63, 3.8) is 0 Å². The van der Waals surface area contributed by atoms with Crippen molar-refractivity contribution in [3.8, 4) is 0 Å². The van der Waals surface area contributed by atoms with E-state index in [1.807, 2.05) is 0 Å². The Labute approximate surface area is 164 Å². The van der Waals surface area contributed by atoms with Gasteiger partial charge in [0.1, 0.15) is 5.82 Å². The Kier molecular flexibility index (Phi) is 6.30. The first-order valence-corrected chi connectivity index (χ1v) is 8.96. The third-order valence-electron chi connectivity index (χ3n) is 5.09. The third-order valence-corrected chi connectivity index (χ3v) is 5.33. The number of piperidine rings is 1. The average Bonchev–Trinajstić information content (AvgIpc) is 2.58. The molecule has 1 N–H and O–H groups in total. The van der Waals surface area contributed by atoms with E-state index < -0.39 is 35.5 Å². The standard InChI is InChI=1S/C18H21ClF4N2O3/c1-10-9-25(16(27)17(2,28)18(21,22)23)7-6-14(10)24(3)15(26)12-5-4-11(19)8-13(12)20/h4-5,8,10,14,28H,6-7,9H2,1-3H3/t10?,14?,17-/m1/s1. The van der Waals surface area contributed by atoms with Gasteiger partial charge in [0, 0.05) is 31.2 Å². The van der Waals surface area contributed by atoms with Crippen molar-refractivity contribution in [2.24, 2.45) is 5.92 Å². The molecule has 1 saturated heterocycles. The normalized spacial score (nSPS) is 22.5. The molecule has 28 heavy (non-hydrogen) atoms. The summed E-state index contributed by atoms with van der Waals surface area (Å²) in [7, 11) is 1.47. The van der Waals surface area contributed by atoms with Crippen molar-refractivity contribution in [2.45, 2.75) is 38.1 Å². The van der Waals surface area contributed by atoms with E-state index in [1.165, 1.54) is 24.1 Å². The van der Waals surface area contributed by atoms with E-state index in [4.69, 9.17) is 11.6 Å². The number of halogens is 5. The Morgan fingerprint density at radius 3 is 2.43 bits per heavy atom. The predicted octanol–water partition coefficient (Wildman–Crippen LogP) is 3.10. The summed E-state index contributed by atoms with van der Waals surface area (Å²) in [5.41, 5.74) is -3.65. The van der Waals surface area contributed by atoms with Crippen LogP contribution in [0.1, 0.15) is 30.6 Å². The first-order valence-electron chi connectivity index (χ1n) is 8.58.